The average molecular weight is 347 g/mol. The maximum Gasteiger partial charge on any atom is 0.265 e. The number of carbonyl (C=O) groups is 1. The van der Waals surface area contributed by atoms with E-state index in [9.17, 15) is 4.79 Å². The molecule has 1 aliphatic carbocycles. The highest BCUT2D eigenvalue weighted by molar-refractivity contribution is 6.06. The fraction of sp³-hybridized carbons (Fsp3) is 0.227. The number of amides is 1. The van der Waals surface area contributed by atoms with Gasteiger partial charge in [-0.2, -0.15) is 0 Å². The van der Waals surface area contributed by atoms with E-state index in [1.807, 2.05) is 24.3 Å². The number of rotatable bonds is 5. The molecule has 4 nitrogen and oxygen atoms in total. The maximum atomic E-state index is 12.7. The number of aryl methyl sites for hydroxylation is 2. The number of hydrogen-bond acceptors (Lipinski definition) is 3. The van der Waals surface area contributed by atoms with Gasteiger partial charge in [-0.3, -0.25) is 4.79 Å². The molecule has 0 fully saturated rings. The zero-order chi connectivity index (χ0) is 18.1. The van der Waals surface area contributed by atoms with Gasteiger partial charge in [0.15, 0.2) is 17.6 Å². The van der Waals surface area contributed by atoms with E-state index in [-0.39, 0.29) is 5.91 Å². The standard InChI is InChI=1S/C22H21NO3/c1-14(26-20-9-4-3-8-19(20)25-2)22(24)23-18-13-12-16-11-10-15-6-5-7-17(18)21(15)16/h3-9,12-14H,10-11H2,1-2H3,(H,23,24). The van der Waals surface area contributed by atoms with Crippen molar-refractivity contribution >= 4 is 22.4 Å². The molecule has 4 heteroatoms. The largest absolute Gasteiger partial charge is 0.493 e. The molecule has 1 atom stereocenters. The van der Waals surface area contributed by atoms with E-state index in [0.29, 0.717) is 11.5 Å². The van der Waals surface area contributed by atoms with Gasteiger partial charge >= 0.3 is 0 Å². The molecule has 0 heterocycles. The van der Waals surface area contributed by atoms with Crippen LogP contribution in [0.3, 0.4) is 0 Å². The molecule has 1 aliphatic rings. The Kier molecular flexibility index (Phi) is 4.25. The molecule has 1 N–H and O–H groups in total. The molecule has 0 aliphatic heterocycles. The second-order valence-electron chi connectivity index (χ2n) is 6.51. The first-order valence-corrected chi connectivity index (χ1v) is 8.81. The highest BCUT2D eigenvalue weighted by Crippen LogP contribution is 2.35. The van der Waals surface area contributed by atoms with Crippen LogP contribution in [0.1, 0.15) is 18.1 Å². The second-order valence-corrected chi connectivity index (χ2v) is 6.51. The van der Waals surface area contributed by atoms with Crippen molar-refractivity contribution in [2.75, 3.05) is 12.4 Å². The highest BCUT2D eigenvalue weighted by atomic mass is 16.5. The summed E-state index contributed by atoms with van der Waals surface area (Å²) in [6, 6.07) is 17.7. The zero-order valence-electron chi connectivity index (χ0n) is 14.9. The third kappa shape index (κ3) is 2.88. The van der Waals surface area contributed by atoms with Crippen LogP contribution in [0.2, 0.25) is 0 Å². The minimum Gasteiger partial charge on any atom is -0.493 e. The minimum absolute atomic E-state index is 0.186. The number of anilines is 1. The first-order chi connectivity index (χ1) is 12.7. The maximum absolute atomic E-state index is 12.7. The van der Waals surface area contributed by atoms with Crippen LogP contribution >= 0.6 is 0 Å². The van der Waals surface area contributed by atoms with Crippen molar-refractivity contribution in [1.29, 1.82) is 0 Å². The van der Waals surface area contributed by atoms with E-state index in [1.165, 1.54) is 16.5 Å². The number of carbonyl (C=O) groups excluding carboxylic acids is 1. The van der Waals surface area contributed by atoms with Gasteiger partial charge in [-0.25, -0.2) is 0 Å². The predicted octanol–water partition coefficient (Wildman–Crippen LogP) is 4.35. The van der Waals surface area contributed by atoms with E-state index in [0.717, 1.165) is 23.9 Å². The normalized spacial score (nSPS) is 13.5. The van der Waals surface area contributed by atoms with E-state index in [1.54, 1.807) is 20.1 Å². The molecule has 0 aromatic heterocycles. The van der Waals surface area contributed by atoms with E-state index in [4.69, 9.17) is 9.47 Å². The molecule has 1 unspecified atom stereocenters. The lowest BCUT2D eigenvalue weighted by Crippen LogP contribution is -2.30. The number of methoxy groups -OCH3 is 1. The van der Waals surface area contributed by atoms with Crippen molar-refractivity contribution in [3.8, 4) is 11.5 Å². The highest BCUT2D eigenvalue weighted by Gasteiger charge is 2.20. The molecule has 26 heavy (non-hydrogen) atoms. The molecule has 4 rings (SSSR count). The molecular weight excluding hydrogens is 326 g/mol. The first kappa shape index (κ1) is 16.5. The van der Waals surface area contributed by atoms with Crippen LogP contribution in [0.5, 0.6) is 11.5 Å². The lowest BCUT2D eigenvalue weighted by molar-refractivity contribution is -0.122. The van der Waals surface area contributed by atoms with Gasteiger partial charge in [0.05, 0.1) is 7.11 Å². The number of benzene rings is 3. The molecular formula is C22H21NO3. The summed E-state index contributed by atoms with van der Waals surface area (Å²) in [5.74, 6) is 0.977. The summed E-state index contributed by atoms with van der Waals surface area (Å²) < 4.78 is 11.1. The molecule has 132 valence electrons. The third-order valence-corrected chi connectivity index (χ3v) is 4.88. The fourth-order valence-electron chi connectivity index (χ4n) is 3.55. The summed E-state index contributed by atoms with van der Waals surface area (Å²) in [5, 5.41) is 5.39. The predicted molar refractivity (Wildman–Crippen MR) is 103 cm³/mol. The van der Waals surface area contributed by atoms with Crippen molar-refractivity contribution in [3.05, 3.63) is 65.7 Å². The Labute approximate surface area is 152 Å². The van der Waals surface area contributed by atoms with Gasteiger partial charge < -0.3 is 14.8 Å². The Morgan fingerprint density at radius 1 is 0.962 bits per heavy atom. The first-order valence-electron chi connectivity index (χ1n) is 8.81. The van der Waals surface area contributed by atoms with Gasteiger partial charge in [0, 0.05) is 11.1 Å². The molecule has 0 bridgehead atoms. The Balaban J connectivity index is 1.56. The molecule has 1 amide bonds. The monoisotopic (exact) mass is 347 g/mol. The minimum atomic E-state index is -0.644. The number of para-hydroxylation sites is 2. The Morgan fingerprint density at radius 2 is 1.69 bits per heavy atom. The van der Waals surface area contributed by atoms with Crippen molar-refractivity contribution in [3.63, 3.8) is 0 Å². The number of ether oxygens (including phenoxy) is 2. The van der Waals surface area contributed by atoms with Gasteiger partial charge in [-0.15, -0.1) is 0 Å². The van der Waals surface area contributed by atoms with E-state index < -0.39 is 6.10 Å². The number of nitrogens with one attached hydrogen (secondary N) is 1. The van der Waals surface area contributed by atoms with Gasteiger partial charge in [-0.1, -0.05) is 36.4 Å². The molecule has 0 saturated heterocycles. The Morgan fingerprint density at radius 3 is 2.46 bits per heavy atom. The summed E-state index contributed by atoms with van der Waals surface area (Å²) in [6.45, 7) is 1.74. The summed E-state index contributed by atoms with van der Waals surface area (Å²) in [4.78, 5) is 12.7. The summed E-state index contributed by atoms with van der Waals surface area (Å²) >= 11 is 0. The molecule has 0 saturated carbocycles. The number of hydrogen-bond donors (Lipinski definition) is 1. The van der Waals surface area contributed by atoms with E-state index >= 15 is 0 Å². The zero-order valence-corrected chi connectivity index (χ0v) is 14.9. The second kappa shape index (κ2) is 6.71. The van der Waals surface area contributed by atoms with Gasteiger partial charge in [0.1, 0.15) is 0 Å². The topological polar surface area (TPSA) is 47.6 Å². The molecule has 3 aromatic rings. The Bertz CT molecular complexity index is 970. The lowest BCUT2D eigenvalue weighted by atomic mass is 10.0. The average Bonchev–Trinajstić information content (AvgIpc) is 3.09. The van der Waals surface area contributed by atoms with Gasteiger partial charge in [0.2, 0.25) is 0 Å². The van der Waals surface area contributed by atoms with Crippen molar-refractivity contribution in [1.82, 2.24) is 0 Å². The smallest absolute Gasteiger partial charge is 0.265 e. The van der Waals surface area contributed by atoms with Gasteiger partial charge in [-0.05, 0) is 54.5 Å². The molecule has 0 radical (unpaired) electrons. The van der Waals surface area contributed by atoms with Crippen LogP contribution in [0, 0.1) is 0 Å². The fourth-order valence-corrected chi connectivity index (χ4v) is 3.55. The summed E-state index contributed by atoms with van der Waals surface area (Å²) in [7, 11) is 1.58. The summed E-state index contributed by atoms with van der Waals surface area (Å²) in [6.07, 6.45) is 1.49. The SMILES string of the molecule is COc1ccccc1OC(C)C(=O)Nc1ccc2c3c(cccc13)CC2. The van der Waals surface area contributed by atoms with Crippen LogP contribution in [0.25, 0.3) is 10.8 Å². The molecule has 0 spiro atoms. The third-order valence-electron chi connectivity index (χ3n) is 4.88. The summed E-state index contributed by atoms with van der Waals surface area (Å²) in [5.41, 5.74) is 3.53. The van der Waals surface area contributed by atoms with Crippen molar-refractivity contribution in [2.24, 2.45) is 0 Å². The van der Waals surface area contributed by atoms with Crippen LogP contribution < -0.4 is 14.8 Å². The van der Waals surface area contributed by atoms with Crippen LogP contribution in [-0.2, 0) is 17.6 Å². The Hall–Kier alpha value is -3.01. The van der Waals surface area contributed by atoms with Crippen LogP contribution in [-0.4, -0.2) is 19.1 Å². The van der Waals surface area contributed by atoms with E-state index in [2.05, 4.69) is 29.6 Å². The van der Waals surface area contributed by atoms with Crippen LogP contribution in [0.4, 0.5) is 5.69 Å². The van der Waals surface area contributed by atoms with Gasteiger partial charge in [0.25, 0.3) is 5.91 Å². The van der Waals surface area contributed by atoms with Crippen LogP contribution in [0.15, 0.2) is 54.6 Å². The molecule has 3 aromatic carbocycles. The van der Waals surface area contributed by atoms with Crippen molar-refractivity contribution in [2.45, 2.75) is 25.9 Å². The quantitative estimate of drug-likeness (QED) is 0.746. The van der Waals surface area contributed by atoms with Crippen molar-refractivity contribution < 1.29 is 14.3 Å². The lowest BCUT2D eigenvalue weighted by Gasteiger charge is -2.17.